The molecular weight excluding hydrogens is 435 g/mol. The predicted octanol–water partition coefficient (Wildman–Crippen LogP) is 3.88. The molecule has 0 bridgehead atoms. The average Bonchev–Trinajstić information content (AvgIpc) is 3.18. The van der Waals surface area contributed by atoms with Crippen LogP contribution in [0, 0.1) is 0 Å². The predicted molar refractivity (Wildman–Crippen MR) is 118 cm³/mol. The Morgan fingerprint density at radius 2 is 1.76 bits per heavy atom. The SMILES string of the molecule is COc1ccc(-c2oc3c(c2C(F)(F)F)CCN(CC(=O)N2CCN(C(C)C)CC2)C3)cc1. The van der Waals surface area contributed by atoms with Crippen molar-refractivity contribution < 1.29 is 27.1 Å². The van der Waals surface area contributed by atoms with Gasteiger partial charge in [0.25, 0.3) is 0 Å². The maximum Gasteiger partial charge on any atom is 0.420 e. The van der Waals surface area contributed by atoms with Gasteiger partial charge in [0, 0.05) is 49.9 Å². The highest BCUT2D eigenvalue weighted by Gasteiger charge is 2.42. The number of piperazine rings is 1. The molecule has 0 N–H and O–H groups in total. The van der Waals surface area contributed by atoms with Crippen LogP contribution in [0.1, 0.15) is 30.7 Å². The summed E-state index contributed by atoms with van der Waals surface area (Å²) in [6.07, 6.45) is -4.33. The third kappa shape index (κ3) is 5.04. The Kier molecular flexibility index (Phi) is 6.72. The first-order valence-electron chi connectivity index (χ1n) is 11.3. The molecule has 0 atom stereocenters. The molecule has 0 spiro atoms. The topological polar surface area (TPSA) is 49.2 Å². The molecule has 2 aromatic rings. The van der Waals surface area contributed by atoms with Crippen molar-refractivity contribution in [3.05, 3.63) is 41.2 Å². The molecule has 3 heterocycles. The highest BCUT2D eigenvalue weighted by molar-refractivity contribution is 5.78. The van der Waals surface area contributed by atoms with Crippen LogP contribution < -0.4 is 4.74 Å². The fourth-order valence-corrected chi connectivity index (χ4v) is 4.62. The van der Waals surface area contributed by atoms with E-state index in [-0.39, 0.29) is 42.5 Å². The molecule has 1 aromatic carbocycles. The van der Waals surface area contributed by atoms with Crippen molar-refractivity contribution in [3.63, 3.8) is 0 Å². The van der Waals surface area contributed by atoms with E-state index in [0.717, 1.165) is 13.1 Å². The summed E-state index contributed by atoms with van der Waals surface area (Å²) in [6.45, 7) is 8.07. The maximum absolute atomic E-state index is 14.0. The Balaban J connectivity index is 1.49. The number of furan rings is 1. The quantitative estimate of drug-likeness (QED) is 0.671. The summed E-state index contributed by atoms with van der Waals surface area (Å²) in [4.78, 5) is 18.9. The van der Waals surface area contributed by atoms with Crippen molar-refractivity contribution in [2.45, 2.75) is 39.0 Å². The number of carbonyl (C=O) groups is 1. The lowest BCUT2D eigenvalue weighted by Crippen LogP contribution is -2.53. The zero-order chi connectivity index (χ0) is 23.8. The van der Waals surface area contributed by atoms with Gasteiger partial charge in [0.2, 0.25) is 5.91 Å². The molecule has 2 aliphatic rings. The van der Waals surface area contributed by atoms with Gasteiger partial charge in [-0.1, -0.05) is 0 Å². The van der Waals surface area contributed by atoms with E-state index in [0.29, 0.717) is 37.0 Å². The van der Waals surface area contributed by atoms with E-state index in [1.807, 2.05) is 9.80 Å². The lowest BCUT2D eigenvalue weighted by molar-refractivity contribution is -0.138. The van der Waals surface area contributed by atoms with Crippen LogP contribution in [-0.4, -0.2) is 73.0 Å². The summed E-state index contributed by atoms with van der Waals surface area (Å²) in [5, 5.41) is 0. The zero-order valence-electron chi connectivity index (χ0n) is 19.2. The summed E-state index contributed by atoms with van der Waals surface area (Å²) in [6, 6.07) is 6.80. The lowest BCUT2D eigenvalue weighted by Gasteiger charge is -2.38. The van der Waals surface area contributed by atoms with Crippen molar-refractivity contribution >= 4 is 5.91 Å². The standard InChI is InChI=1S/C24H30F3N3O3/c1-16(2)29-10-12-30(13-11-29)21(31)15-28-9-8-19-20(14-28)33-23(22(19)24(25,26)27)17-4-6-18(32-3)7-5-17/h4-7,16H,8-15H2,1-3H3. The number of fused-ring (bicyclic) bond motifs is 1. The zero-order valence-corrected chi connectivity index (χ0v) is 19.2. The van der Waals surface area contributed by atoms with Crippen molar-refractivity contribution in [2.24, 2.45) is 0 Å². The van der Waals surface area contributed by atoms with Gasteiger partial charge in [0.05, 0.1) is 20.2 Å². The monoisotopic (exact) mass is 465 g/mol. The maximum atomic E-state index is 14.0. The van der Waals surface area contributed by atoms with Crippen molar-refractivity contribution in [2.75, 3.05) is 46.4 Å². The lowest BCUT2D eigenvalue weighted by atomic mass is 9.98. The molecule has 1 fully saturated rings. The van der Waals surface area contributed by atoms with Crippen LogP contribution in [0.4, 0.5) is 13.2 Å². The number of hydrogen-bond donors (Lipinski definition) is 0. The minimum Gasteiger partial charge on any atom is -0.497 e. The first kappa shape index (κ1) is 23.6. The van der Waals surface area contributed by atoms with Crippen molar-refractivity contribution in [3.8, 4) is 17.1 Å². The largest absolute Gasteiger partial charge is 0.497 e. The Labute approximate surface area is 191 Å². The van der Waals surface area contributed by atoms with Gasteiger partial charge in [-0.2, -0.15) is 13.2 Å². The molecule has 6 nitrogen and oxygen atoms in total. The molecule has 1 aromatic heterocycles. The molecule has 0 saturated carbocycles. The second-order valence-electron chi connectivity index (χ2n) is 8.91. The van der Waals surface area contributed by atoms with Gasteiger partial charge in [-0.25, -0.2) is 0 Å². The van der Waals surface area contributed by atoms with Gasteiger partial charge in [0.15, 0.2) is 0 Å². The molecule has 0 unspecified atom stereocenters. The van der Waals surface area contributed by atoms with Gasteiger partial charge in [0.1, 0.15) is 22.8 Å². The number of amides is 1. The molecule has 1 amide bonds. The van der Waals surface area contributed by atoms with Crippen LogP contribution in [0.15, 0.2) is 28.7 Å². The number of halogens is 3. The van der Waals surface area contributed by atoms with Crippen LogP contribution in [0.25, 0.3) is 11.3 Å². The van der Waals surface area contributed by atoms with Crippen LogP contribution in [-0.2, 0) is 23.9 Å². The van der Waals surface area contributed by atoms with Crippen molar-refractivity contribution in [1.29, 1.82) is 0 Å². The van der Waals surface area contributed by atoms with Crippen LogP contribution in [0.5, 0.6) is 5.75 Å². The number of carbonyl (C=O) groups excluding carboxylic acids is 1. The number of benzene rings is 1. The van der Waals surface area contributed by atoms with E-state index in [1.54, 1.807) is 24.3 Å². The summed E-state index contributed by atoms with van der Waals surface area (Å²) >= 11 is 0. The fourth-order valence-electron chi connectivity index (χ4n) is 4.62. The van der Waals surface area contributed by atoms with E-state index < -0.39 is 11.7 Å². The first-order valence-corrected chi connectivity index (χ1v) is 11.3. The third-order valence-electron chi connectivity index (χ3n) is 6.53. The van der Waals surface area contributed by atoms with Gasteiger partial charge in [-0.3, -0.25) is 14.6 Å². The number of alkyl halides is 3. The van der Waals surface area contributed by atoms with Crippen LogP contribution in [0.2, 0.25) is 0 Å². The smallest absolute Gasteiger partial charge is 0.420 e. The summed E-state index contributed by atoms with van der Waals surface area (Å²) in [7, 11) is 1.50. The Morgan fingerprint density at radius 1 is 1.09 bits per heavy atom. The molecule has 33 heavy (non-hydrogen) atoms. The van der Waals surface area contributed by atoms with Gasteiger partial charge in [-0.05, 0) is 44.5 Å². The Bertz CT molecular complexity index is 977. The number of rotatable bonds is 5. The second-order valence-corrected chi connectivity index (χ2v) is 8.91. The fraction of sp³-hybridized carbons (Fsp3) is 0.542. The summed E-state index contributed by atoms with van der Waals surface area (Å²) in [5.41, 5.74) is -0.163. The Hall–Kier alpha value is -2.52. The van der Waals surface area contributed by atoms with Crippen molar-refractivity contribution in [1.82, 2.24) is 14.7 Å². The molecule has 180 valence electrons. The van der Waals surface area contributed by atoms with Gasteiger partial charge in [-0.15, -0.1) is 0 Å². The molecule has 0 aliphatic carbocycles. The number of hydrogen-bond acceptors (Lipinski definition) is 5. The third-order valence-corrected chi connectivity index (χ3v) is 6.53. The molecule has 2 aliphatic heterocycles. The van der Waals surface area contributed by atoms with Crippen LogP contribution in [0.3, 0.4) is 0 Å². The molecule has 9 heteroatoms. The number of nitrogens with zero attached hydrogens (tertiary/aromatic N) is 3. The molecule has 1 saturated heterocycles. The minimum atomic E-state index is -4.53. The van der Waals surface area contributed by atoms with E-state index >= 15 is 0 Å². The normalized spacial score (nSPS) is 18.0. The Morgan fingerprint density at radius 3 is 2.33 bits per heavy atom. The minimum absolute atomic E-state index is 0.0137. The van der Waals surface area contributed by atoms with Gasteiger partial charge >= 0.3 is 6.18 Å². The number of methoxy groups -OCH3 is 1. The molecule has 0 radical (unpaired) electrons. The van der Waals surface area contributed by atoms with E-state index in [2.05, 4.69) is 18.7 Å². The highest BCUT2D eigenvalue weighted by atomic mass is 19.4. The second kappa shape index (κ2) is 9.38. The number of ether oxygens (including phenoxy) is 1. The molecule has 4 rings (SSSR count). The van der Waals surface area contributed by atoms with Crippen LogP contribution >= 0.6 is 0 Å². The van der Waals surface area contributed by atoms with E-state index in [1.165, 1.54) is 7.11 Å². The summed E-state index contributed by atoms with van der Waals surface area (Å²) < 4.78 is 52.8. The van der Waals surface area contributed by atoms with E-state index in [4.69, 9.17) is 9.15 Å². The van der Waals surface area contributed by atoms with Gasteiger partial charge < -0.3 is 14.1 Å². The molecular formula is C24H30F3N3O3. The average molecular weight is 466 g/mol. The first-order chi connectivity index (χ1) is 15.7. The summed E-state index contributed by atoms with van der Waals surface area (Å²) in [5.74, 6) is 0.687. The highest BCUT2D eigenvalue weighted by Crippen LogP contribution is 2.44. The van der Waals surface area contributed by atoms with E-state index in [9.17, 15) is 18.0 Å².